The molecule has 0 unspecified atom stereocenters. The number of thiophene rings is 2. The second-order valence-electron chi connectivity index (χ2n) is 5.44. The number of aromatic nitrogens is 2. The van der Waals surface area contributed by atoms with Crippen LogP contribution in [0.25, 0.3) is 10.6 Å². The Kier molecular flexibility index (Phi) is 5.38. The maximum Gasteiger partial charge on any atom is 0.341 e. The van der Waals surface area contributed by atoms with Crippen molar-refractivity contribution in [1.29, 1.82) is 0 Å². The largest absolute Gasteiger partial charge is 0.462 e. The van der Waals surface area contributed by atoms with Crippen LogP contribution in [0.4, 0.5) is 5.00 Å². The summed E-state index contributed by atoms with van der Waals surface area (Å²) in [5, 5.41) is 11.6. The lowest BCUT2D eigenvalue weighted by molar-refractivity contribution is 0.0527. The highest BCUT2D eigenvalue weighted by Crippen LogP contribution is 2.34. The number of primary amides is 1. The monoisotopic (exact) mass is 404 g/mol. The predicted octanol–water partition coefficient (Wildman–Crippen LogP) is 3.04. The minimum Gasteiger partial charge on any atom is -0.462 e. The SMILES string of the molecule is CCOC(=O)c1c(NC(=O)c2cc(-c3cccs3)[nH]n2)sc(C(N)=O)c1C. The Bertz CT molecular complexity index is 1000. The molecule has 3 heterocycles. The van der Waals surface area contributed by atoms with Crippen molar-refractivity contribution in [3.63, 3.8) is 0 Å². The van der Waals surface area contributed by atoms with Gasteiger partial charge in [-0.15, -0.1) is 22.7 Å². The summed E-state index contributed by atoms with van der Waals surface area (Å²) in [6.45, 7) is 3.42. The highest BCUT2D eigenvalue weighted by molar-refractivity contribution is 7.18. The third-order valence-electron chi connectivity index (χ3n) is 3.67. The van der Waals surface area contributed by atoms with Crippen molar-refractivity contribution < 1.29 is 19.1 Å². The molecule has 10 heteroatoms. The third kappa shape index (κ3) is 3.76. The summed E-state index contributed by atoms with van der Waals surface area (Å²) in [5.74, 6) is -1.82. The van der Waals surface area contributed by atoms with Gasteiger partial charge in [0, 0.05) is 0 Å². The smallest absolute Gasteiger partial charge is 0.341 e. The molecule has 0 saturated carbocycles. The zero-order valence-electron chi connectivity index (χ0n) is 14.5. The van der Waals surface area contributed by atoms with Crippen molar-refractivity contribution >= 4 is 45.5 Å². The van der Waals surface area contributed by atoms with Gasteiger partial charge in [0.15, 0.2) is 5.69 Å². The van der Waals surface area contributed by atoms with E-state index in [0.717, 1.165) is 16.2 Å². The molecule has 0 saturated heterocycles. The van der Waals surface area contributed by atoms with E-state index in [1.807, 2.05) is 17.5 Å². The number of anilines is 1. The van der Waals surface area contributed by atoms with Gasteiger partial charge in [0.05, 0.1) is 27.6 Å². The third-order valence-corrected chi connectivity index (χ3v) is 5.80. The van der Waals surface area contributed by atoms with Gasteiger partial charge in [-0.3, -0.25) is 14.7 Å². The fraction of sp³-hybridized carbons (Fsp3) is 0.176. The molecule has 0 aliphatic heterocycles. The van der Waals surface area contributed by atoms with Crippen LogP contribution < -0.4 is 11.1 Å². The second-order valence-corrected chi connectivity index (χ2v) is 7.41. The van der Waals surface area contributed by atoms with Gasteiger partial charge in [-0.1, -0.05) is 6.07 Å². The quantitative estimate of drug-likeness (QED) is 0.544. The molecule has 3 aromatic rings. The van der Waals surface area contributed by atoms with Crippen LogP contribution in [0.1, 0.15) is 43.0 Å². The first kappa shape index (κ1) is 18.8. The number of rotatable bonds is 6. The lowest BCUT2D eigenvalue weighted by Gasteiger charge is -2.05. The van der Waals surface area contributed by atoms with Crippen LogP contribution in [0.15, 0.2) is 23.6 Å². The first-order valence-corrected chi connectivity index (χ1v) is 9.63. The molecular weight excluding hydrogens is 388 g/mol. The molecule has 0 spiro atoms. The average molecular weight is 404 g/mol. The van der Waals surface area contributed by atoms with Gasteiger partial charge in [0.2, 0.25) is 0 Å². The van der Waals surface area contributed by atoms with E-state index < -0.39 is 17.8 Å². The van der Waals surface area contributed by atoms with Crippen molar-refractivity contribution in [2.45, 2.75) is 13.8 Å². The number of amides is 2. The fourth-order valence-electron chi connectivity index (χ4n) is 2.45. The van der Waals surface area contributed by atoms with E-state index in [4.69, 9.17) is 10.5 Å². The van der Waals surface area contributed by atoms with Gasteiger partial charge in [-0.25, -0.2) is 4.79 Å². The zero-order chi connectivity index (χ0) is 19.6. The molecule has 3 aromatic heterocycles. The van der Waals surface area contributed by atoms with Gasteiger partial charge in [-0.2, -0.15) is 5.10 Å². The predicted molar refractivity (Wildman–Crippen MR) is 103 cm³/mol. The lowest BCUT2D eigenvalue weighted by atomic mass is 10.1. The van der Waals surface area contributed by atoms with Crippen LogP contribution in [0.3, 0.4) is 0 Å². The number of carbonyl (C=O) groups excluding carboxylic acids is 3. The summed E-state index contributed by atoms with van der Waals surface area (Å²) in [4.78, 5) is 37.6. The molecule has 2 amide bonds. The van der Waals surface area contributed by atoms with Crippen molar-refractivity contribution in [2.75, 3.05) is 11.9 Å². The summed E-state index contributed by atoms with van der Waals surface area (Å²) in [5.41, 5.74) is 6.72. The summed E-state index contributed by atoms with van der Waals surface area (Å²) in [6.07, 6.45) is 0. The standard InChI is InChI=1S/C17H16N4O4S2/c1-3-25-17(24)12-8(2)13(14(18)22)27-16(12)19-15(23)10-7-9(20-21-10)11-5-4-6-26-11/h4-7H,3H2,1-2H3,(H2,18,22)(H,19,23)(H,20,21). The normalized spacial score (nSPS) is 10.6. The highest BCUT2D eigenvalue weighted by Gasteiger charge is 2.26. The first-order valence-electron chi connectivity index (χ1n) is 7.93. The number of aromatic amines is 1. The van der Waals surface area contributed by atoms with E-state index in [1.54, 1.807) is 19.9 Å². The lowest BCUT2D eigenvalue weighted by Crippen LogP contribution is -2.15. The van der Waals surface area contributed by atoms with Crippen LogP contribution in [0, 0.1) is 6.92 Å². The maximum atomic E-state index is 12.6. The molecular formula is C17H16N4O4S2. The van der Waals surface area contributed by atoms with Gasteiger partial charge < -0.3 is 15.8 Å². The van der Waals surface area contributed by atoms with Gasteiger partial charge in [0.25, 0.3) is 11.8 Å². The Balaban J connectivity index is 1.90. The maximum absolute atomic E-state index is 12.6. The first-order chi connectivity index (χ1) is 12.9. The molecule has 0 aliphatic rings. The minimum atomic E-state index is -0.678. The van der Waals surface area contributed by atoms with E-state index in [0.29, 0.717) is 11.3 Å². The average Bonchev–Trinajstić information content (AvgIpc) is 3.34. The van der Waals surface area contributed by atoms with E-state index in [1.165, 1.54) is 11.3 Å². The van der Waals surface area contributed by atoms with Crippen LogP contribution in [0.5, 0.6) is 0 Å². The Hall–Kier alpha value is -2.98. The minimum absolute atomic E-state index is 0.123. The van der Waals surface area contributed by atoms with Crippen LogP contribution in [-0.2, 0) is 4.74 Å². The van der Waals surface area contributed by atoms with E-state index in [9.17, 15) is 14.4 Å². The number of ether oxygens (including phenoxy) is 1. The van der Waals surface area contributed by atoms with Crippen molar-refractivity contribution in [1.82, 2.24) is 10.2 Å². The Morgan fingerprint density at radius 1 is 1.37 bits per heavy atom. The number of hydrogen-bond donors (Lipinski definition) is 3. The number of hydrogen-bond acceptors (Lipinski definition) is 7. The number of nitrogens with one attached hydrogen (secondary N) is 2. The summed E-state index contributed by atoms with van der Waals surface area (Å²) >= 11 is 2.44. The van der Waals surface area contributed by atoms with E-state index >= 15 is 0 Å². The number of nitrogens with zero attached hydrogens (tertiary/aromatic N) is 1. The summed E-state index contributed by atoms with van der Waals surface area (Å²) in [7, 11) is 0. The Labute approximate surface area is 162 Å². The topological polar surface area (TPSA) is 127 Å². The molecule has 8 nitrogen and oxygen atoms in total. The molecule has 0 fully saturated rings. The number of H-pyrrole nitrogens is 1. The summed E-state index contributed by atoms with van der Waals surface area (Å²) in [6, 6.07) is 5.41. The molecule has 0 bridgehead atoms. The van der Waals surface area contributed by atoms with Crippen molar-refractivity contribution in [2.24, 2.45) is 5.73 Å². The van der Waals surface area contributed by atoms with Gasteiger partial charge in [-0.05, 0) is 36.9 Å². The van der Waals surface area contributed by atoms with Crippen LogP contribution >= 0.6 is 22.7 Å². The molecule has 3 rings (SSSR count). The van der Waals surface area contributed by atoms with Gasteiger partial charge >= 0.3 is 5.97 Å². The molecule has 0 aromatic carbocycles. The summed E-state index contributed by atoms with van der Waals surface area (Å²) < 4.78 is 5.03. The molecule has 0 radical (unpaired) electrons. The van der Waals surface area contributed by atoms with Crippen molar-refractivity contribution in [3.05, 3.63) is 45.3 Å². The molecule has 27 heavy (non-hydrogen) atoms. The Morgan fingerprint density at radius 2 is 2.15 bits per heavy atom. The molecule has 140 valence electrons. The number of nitrogens with two attached hydrogens (primary N) is 1. The van der Waals surface area contributed by atoms with Gasteiger partial charge in [0.1, 0.15) is 5.00 Å². The van der Waals surface area contributed by atoms with Crippen molar-refractivity contribution in [3.8, 4) is 10.6 Å². The van der Waals surface area contributed by atoms with Crippen LogP contribution in [0.2, 0.25) is 0 Å². The molecule has 0 aliphatic carbocycles. The number of carbonyl (C=O) groups is 3. The molecule has 0 atom stereocenters. The van der Waals surface area contributed by atoms with E-state index in [-0.39, 0.29) is 27.7 Å². The number of esters is 1. The second kappa shape index (κ2) is 7.72. The Morgan fingerprint density at radius 3 is 2.78 bits per heavy atom. The van der Waals surface area contributed by atoms with Crippen LogP contribution in [-0.4, -0.2) is 34.6 Å². The highest BCUT2D eigenvalue weighted by atomic mass is 32.1. The molecule has 4 N–H and O–H groups in total. The van der Waals surface area contributed by atoms with E-state index in [2.05, 4.69) is 15.5 Å². The fourth-order valence-corrected chi connectivity index (χ4v) is 4.18. The zero-order valence-corrected chi connectivity index (χ0v) is 16.1.